The summed E-state index contributed by atoms with van der Waals surface area (Å²) in [7, 11) is 0. The molecule has 0 saturated carbocycles. The van der Waals surface area contributed by atoms with E-state index in [9.17, 15) is 0 Å². The summed E-state index contributed by atoms with van der Waals surface area (Å²) in [6, 6.07) is 0. The lowest BCUT2D eigenvalue weighted by molar-refractivity contribution is 0.643. The Kier molecular flexibility index (Phi) is 30.2. The summed E-state index contributed by atoms with van der Waals surface area (Å²) in [4.78, 5) is 0. The van der Waals surface area contributed by atoms with Gasteiger partial charge in [-0.2, -0.15) is 0 Å². The highest BCUT2D eigenvalue weighted by atomic mass is 127. The van der Waals surface area contributed by atoms with Gasteiger partial charge in [-0.3, -0.25) is 0 Å². The van der Waals surface area contributed by atoms with Crippen LogP contribution in [0.1, 0.15) is 0 Å². The van der Waals surface area contributed by atoms with Crippen LogP contribution in [0.3, 0.4) is 0 Å². The van der Waals surface area contributed by atoms with Gasteiger partial charge in [0.05, 0.1) is 0 Å². The van der Waals surface area contributed by atoms with Crippen LogP contribution in [0.25, 0.3) is 0 Å². The van der Waals surface area contributed by atoms with Gasteiger partial charge >= 0.3 is 0 Å². The maximum Gasteiger partial charge on any atom is 0.149 e. The molecule has 25 heteroatoms. The van der Waals surface area contributed by atoms with Crippen LogP contribution in [0.5, 0.6) is 0 Å². The van der Waals surface area contributed by atoms with Crippen molar-refractivity contribution in [3.63, 3.8) is 0 Å². The molecule has 1 radical (unpaired) electrons. The molecule has 0 aliphatic carbocycles. The van der Waals surface area contributed by atoms with E-state index in [1.165, 1.54) is 1.93 Å². The minimum atomic E-state index is -0.149. The van der Waals surface area contributed by atoms with Crippen molar-refractivity contribution in [1.29, 1.82) is 0 Å². The third-order valence-corrected chi connectivity index (χ3v) is 87.5. The molecule has 0 amide bonds. The summed E-state index contributed by atoms with van der Waals surface area (Å²) in [5, 5.41) is 0. The Balaban J connectivity index is 7.22. The molecule has 0 unspecified atom stereocenters. The molecule has 0 bridgehead atoms. The third-order valence-electron chi connectivity index (χ3n) is 4.14. The summed E-state index contributed by atoms with van der Waals surface area (Å²) in [5.74, 6) is 0. The molecule has 37 heavy (non-hydrogen) atoms. The Labute approximate surface area is 560 Å². The second-order valence-electron chi connectivity index (χ2n) is 6.50. The van der Waals surface area contributed by atoms with E-state index in [1.807, 2.05) is 0 Å². The fraction of sp³-hybridized carbons (Fsp3) is 0.917. The second-order valence-corrected chi connectivity index (χ2v) is 74.8. The molecule has 223 valence electrons. The van der Waals surface area contributed by atoms with Crippen LogP contribution in [-0.2, 0) is 0 Å². The van der Waals surface area contributed by atoms with E-state index in [0.717, 1.165) is 0 Å². The van der Waals surface area contributed by atoms with Crippen molar-refractivity contribution in [1.82, 2.24) is 0 Å². The van der Waals surface area contributed by atoms with Crippen molar-refractivity contribution < 1.29 is 0 Å². The summed E-state index contributed by atoms with van der Waals surface area (Å²) in [6.07, 6.45) is 0. The van der Waals surface area contributed by atoms with Gasteiger partial charge in [0.25, 0.3) is 0 Å². The minimum absolute atomic E-state index is 0.0265. The molecule has 0 aliphatic heterocycles. The Bertz CT molecular complexity index is 825. The first kappa shape index (κ1) is 55.2. The zero-order chi connectivity index (χ0) is 31.1. The van der Waals surface area contributed by atoms with Crippen LogP contribution in [0.4, 0.5) is 0 Å². The van der Waals surface area contributed by atoms with E-state index in [0.29, 0.717) is 0 Å². The van der Waals surface area contributed by atoms with Gasteiger partial charge in [0.1, 0.15) is 15.7 Å². The van der Waals surface area contributed by atoms with Crippen molar-refractivity contribution >= 4 is 565 Å². The topological polar surface area (TPSA) is 0 Å². The monoisotopic (exact) mass is 3320 g/mol. The van der Waals surface area contributed by atoms with E-state index in [1.54, 1.807) is 0 Å². The van der Waals surface area contributed by atoms with Crippen LogP contribution in [0.2, 0.25) is 0 Å². The molecule has 0 atom stereocenters. The molecule has 0 saturated heterocycles. The molecule has 0 aromatic heterocycles. The van der Waals surface area contributed by atoms with Gasteiger partial charge in [0, 0.05) is 0 Å². The number of hydrogen-bond donors (Lipinski definition) is 0. The van der Waals surface area contributed by atoms with Crippen molar-refractivity contribution in [2.75, 3.05) is 0 Å². The van der Waals surface area contributed by atoms with Crippen LogP contribution in [-0.4, -0.2) is 13.7 Å². The summed E-state index contributed by atoms with van der Waals surface area (Å²) in [6.45, 7) is 0. The average molecular weight is 3320 g/mol. The van der Waals surface area contributed by atoms with Gasteiger partial charge in [-0.15, -0.1) is 0 Å². The zero-order valence-electron chi connectivity index (χ0n) is 15.4. The third kappa shape index (κ3) is 11.3. The van der Waals surface area contributed by atoms with Crippen molar-refractivity contribution in [3.8, 4) is 0 Å². The van der Waals surface area contributed by atoms with E-state index in [2.05, 4.69) is 565 Å². The number of rotatable bonds is 11. The summed E-state index contributed by atoms with van der Waals surface area (Å²) < 4.78 is 0.391. The molecule has 0 rings (SSSR count). The van der Waals surface area contributed by atoms with Gasteiger partial charge in [0.15, 0.2) is 0 Å². The van der Waals surface area contributed by atoms with E-state index >= 15 is 0 Å². The van der Waals surface area contributed by atoms with Crippen LogP contribution < -0.4 is 0 Å². The Morgan fingerprint density at radius 2 is 0.405 bits per heavy atom. The molecule has 0 aromatic carbocycles. The Morgan fingerprint density at radius 1 is 0.243 bits per heavy atom. The summed E-state index contributed by atoms with van der Waals surface area (Å²) >= 11 is 68.0. The predicted molar refractivity (Wildman–Crippen MR) is 384 cm³/mol. The van der Waals surface area contributed by atoms with Crippen molar-refractivity contribution in [2.45, 2.75) is 13.7 Å². The first-order valence-corrected chi connectivity index (χ1v) is 34.4. The number of halogens is 25. The molecular weight excluding hydrogens is 3320 g/mol. The summed E-state index contributed by atoms with van der Waals surface area (Å²) in [5.41, 5.74) is 0. The quantitative estimate of drug-likeness (QED) is 0.143. The lowest BCUT2D eigenvalue weighted by Crippen LogP contribution is -2.70. The largest absolute Gasteiger partial charge is 0.149 e. The van der Waals surface area contributed by atoms with Gasteiger partial charge < -0.3 is 0 Å². The van der Waals surface area contributed by atoms with Crippen LogP contribution in [0.15, 0.2) is 0 Å². The van der Waals surface area contributed by atoms with Gasteiger partial charge in [-0.05, 0) is 0 Å². The lowest BCUT2D eigenvalue weighted by Gasteiger charge is -2.61. The van der Waals surface area contributed by atoms with Gasteiger partial charge in [-0.1, -0.05) is 565 Å². The van der Waals surface area contributed by atoms with E-state index < -0.39 is 0 Å². The highest BCUT2D eigenvalue weighted by molar-refractivity contribution is 14.3. The minimum Gasteiger partial charge on any atom is -0.0623 e. The molecule has 0 heterocycles. The molecule has 0 nitrogen and oxygen atoms in total. The SMILES string of the molecule is I[C](I)C(I)(I)C(I)(I)C(I)(I)C(I)(I)C(I)(I)C(I)(I)C(I)(I)C(I)(I)C(I)(I)C(I)(I)C(I)(I)I. The van der Waals surface area contributed by atoms with Crippen molar-refractivity contribution in [2.24, 2.45) is 0 Å². The van der Waals surface area contributed by atoms with Crippen molar-refractivity contribution in [3.05, 3.63) is 1.93 Å². The molecule has 0 aliphatic rings. The Morgan fingerprint density at radius 3 is 0.568 bits per heavy atom. The maximum atomic E-state index is 2.80. The fourth-order valence-corrected chi connectivity index (χ4v) is 39.9. The van der Waals surface area contributed by atoms with Crippen LogP contribution in [0, 0.1) is 1.93 Å². The van der Waals surface area contributed by atoms with Gasteiger partial charge in [-0.25, -0.2) is 0 Å². The molecule has 0 fully saturated rings. The first-order valence-electron chi connectivity index (χ1n) is 7.47. The lowest BCUT2D eigenvalue weighted by atomic mass is 10.1. The van der Waals surface area contributed by atoms with Gasteiger partial charge in [0.2, 0.25) is 0 Å². The van der Waals surface area contributed by atoms with E-state index in [4.69, 9.17) is 0 Å². The van der Waals surface area contributed by atoms with E-state index in [-0.39, 0.29) is 13.7 Å². The zero-order valence-corrected chi connectivity index (χ0v) is 69.4. The second kappa shape index (κ2) is 20.2. The fourth-order valence-electron chi connectivity index (χ4n) is 1.87. The molecule has 0 spiro atoms. The maximum absolute atomic E-state index is 2.80. The highest BCUT2D eigenvalue weighted by Gasteiger charge is 2.80. The molecule has 0 N–H and O–H groups in total. The Hall–Kier alpha value is 18.3. The first-order chi connectivity index (χ1) is 15.4. The molecular formula is C12I25. The predicted octanol–water partition coefficient (Wildman–Crippen LogP) is 20.0. The van der Waals surface area contributed by atoms with Crippen LogP contribution >= 0.6 is 565 Å². The normalized spacial score (nSPS) is 17.0. The number of alkyl halides is 23. The standard InChI is InChI=1S/C12I25/c13-1(14)2(15,16)3(17,18)4(19,20)5(21,22)6(23,24)7(25,26)8(27,28)9(29,30)10(31,32)11(33,34)12(35,36)37. The molecule has 0 aromatic rings. The highest BCUT2D eigenvalue weighted by Crippen LogP contribution is 2.82. The smallest absolute Gasteiger partial charge is 0.0623 e. The average Bonchev–Trinajstić information content (AvgIpc) is 2.65. The number of hydrogen-bond acceptors (Lipinski definition) is 0.